The van der Waals surface area contributed by atoms with Crippen LogP contribution in [0.3, 0.4) is 0 Å². The third-order valence-electron chi connectivity index (χ3n) is 10.2. The highest BCUT2D eigenvalue weighted by atomic mass is 15.2. The van der Waals surface area contributed by atoms with Gasteiger partial charge >= 0.3 is 0 Å². The first-order chi connectivity index (χ1) is 24.1. The third kappa shape index (κ3) is 4.28. The van der Waals surface area contributed by atoms with Gasteiger partial charge in [-0.1, -0.05) is 135 Å². The van der Waals surface area contributed by atoms with Crippen LogP contribution in [0.15, 0.2) is 164 Å². The van der Waals surface area contributed by atoms with E-state index in [1.807, 2.05) is 12.1 Å². The molecule has 0 amide bonds. The predicted octanol–water partition coefficient (Wildman–Crippen LogP) is 12.1. The SMILES string of the molecule is CC1(C)c2ccccc2N(c2ccccc2)c2cccc(-c3ccccc3-c3cccc(C#N)c3-n3c4ccccc4c4ccccc43)c21. The fourth-order valence-electron chi connectivity index (χ4n) is 8.13. The van der Waals surface area contributed by atoms with Crippen molar-refractivity contribution in [3.8, 4) is 34.0 Å². The van der Waals surface area contributed by atoms with Crippen LogP contribution < -0.4 is 4.90 Å². The molecule has 9 rings (SSSR count). The molecule has 3 nitrogen and oxygen atoms in total. The van der Waals surface area contributed by atoms with E-state index in [4.69, 9.17) is 0 Å². The minimum Gasteiger partial charge on any atom is -0.310 e. The summed E-state index contributed by atoms with van der Waals surface area (Å²) in [6.07, 6.45) is 0. The van der Waals surface area contributed by atoms with E-state index < -0.39 is 0 Å². The molecule has 0 saturated carbocycles. The van der Waals surface area contributed by atoms with Gasteiger partial charge in [-0.2, -0.15) is 5.26 Å². The zero-order chi connectivity index (χ0) is 33.1. The molecule has 1 aliphatic rings. The Kier molecular flexibility index (Phi) is 6.54. The van der Waals surface area contributed by atoms with Crippen molar-refractivity contribution in [2.75, 3.05) is 4.90 Å². The van der Waals surface area contributed by atoms with E-state index in [2.05, 4.69) is 181 Å². The monoisotopic (exact) mass is 627 g/mol. The van der Waals surface area contributed by atoms with Crippen molar-refractivity contribution in [1.29, 1.82) is 5.26 Å². The Morgan fingerprint density at radius 3 is 1.73 bits per heavy atom. The number of nitrogens with zero attached hydrogens (tertiary/aromatic N) is 3. The first-order valence-corrected chi connectivity index (χ1v) is 16.8. The summed E-state index contributed by atoms with van der Waals surface area (Å²) >= 11 is 0. The number of benzene rings is 7. The second kappa shape index (κ2) is 11.1. The van der Waals surface area contributed by atoms with Gasteiger partial charge in [-0.15, -0.1) is 0 Å². The summed E-state index contributed by atoms with van der Waals surface area (Å²) in [5, 5.41) is 12.9. The quantitative estimate of drug-likeness (QED) is 0.194. The van der Waals surface area contributed by atoms with Crippen LogP contribution in [0.1, 0.15) is 30.5 Å². The highest BCUT2D eigenvalue weighted by Crippen LogP contribution is 2.55. The standard InChI is InChI=1S/C46H33N3/c1-46(2)39-25-10-13-28-42(39)48(32-17-4-3-5-18-32)43-29-15-23-37(44(43)46)33-19-6-7-20-34(33)38-24-14-16-31(30-47)45(38)49-40-26-11-8-21-35(40)36-22-9-12-27-41(36)49/h3-29H,1-2H3. The van der Waals surface area contributed by atoms with E-state index in [1.54, 1.807) is 0 Å². The van der Waals surface area contributed by atoms with Crippen LogP contribution in [0.4, 0.5) is 17.1 Å². The number of nitriles is 1. The van der Waals surface area contributed by atoms with Gasteiger partial charge in [0.25, 0.3) is 0 Å². The lowest BCUT2D eigenvalue weighted by Crippen LogP contribution is -2.31. The third-order valence-corrected chi connectivity index (χ3v) is 10.2. The maximum absolute atomic E-state index is 10.6. The van der Waals surface area contributed by atoms with Crippen molar-refractivity contribution in [2.24, 2.45) is 0 Å². The van der Waals surface area contributed by atoms with Crippen molar-refractivity contribution in [2.45, 2.75) is 19.3 Å². The second-order valence-electron chi connectivity index (χ2n) is 13.2. The summed E-state index contributed by atoms with van der Waals surface area (Å²) in [5.41, 5.74) is 13.9. The van der Waals surface area contributed by atoms with Gasteiger partial charge in [-0.05, 0) is 70.3 Å². The molecule has 232 valence electrons. The van der Waals surface area contributed by atoms with Gasteiger partial charge in [-0.25, -0.2) is 0 Å². The molecule has 49 heavy (non-hydrogen) atoms. The van der Waals surface area contributed by atoms with Crippen molar-refractivity contribution < 1.29 is 0 Å². The lowest BCUT2D eigenvalue weighted by Gasteiger charge is -2.43. The molecule has 0 saturated heterocycles. The molecule has 1 aliphatic heterocycles. The van der Waals surface area contributed by atoms with Gasteiger partial charge in [0.2, 0.25) is 0 Å². The molecule has 0 radical (unpaired) electrons. The van der Waals surface area contributed by atoms with Gasteiger partial charge in [0, 0.05) is 27.4 Å². The molecule has 0 fully saturated rings. The Morgan fingerprint density at radius 1 is 0.490 bits per heavy atom. The lowest BCUT2D eigenvalue weighted by molar-refractivity contribution is 0.634. The molecule has 8 aromatic rings. The molecule has 7 aromatic carbocycles. The Balaban J connectivity index is 1.34. The van der Waals surface area contributed by atoms with Crippen molar-refractivity contribution in [1.82, 2.24) is 4.57 Å². The highest BCUT2D eigenvalue weighted by molar-refractivity contribution is 6.10. The van der Waals surface area contributed by atoms with Crippen molar-refractivity contribution in [3.63, 3.8) is 0 Å². The summed E-state index contributed by atoms with van der Waals surface area (Å²) in [5.74, 6) is 0. The van der Waals surface area contributed by atoms with Crippen molar-refractivity contribution in [3.05, 3.63) is 180 Å². The van der Waals surface area contributed by atoms with Gasteiger partial charge < -0.3 is 9.47 Å². The highest BCUT2D eigenvalue weighted by Gasteiger charge is 2.39. The van der Waals surface area contributed by atoms with Gasteiger partial charge in [0.05, 0.1) is 33.7 Å². The minimum atomic E-state index is -0.287. The Bertz CT molecular complexity index is 2550. The number of para-hydroxylation sites is 5. The van der Waals surface area contributed by atoms with E-state index in [1.165, 1.54) is 38.8 Å². The Labute approximate surface area is 286 Å². The van der Waals surface area contributed by atoms with Crippen molar-refractivity contribution >= 4 is 38.9 Å². The molecular formula is C46H33N3. The normalized spacial score (nSPS) is 13.2. The molecule has 0 bridgehead atoms. The predicted molar refractivity (Wildman–Crippen MR) is 203 cm³/mol. The molecule has 0 N–H and O–H groups in total. The summed E-state index contributed by atoms with van der Waals surface area (Å²) in [7, 11) is 0. The smallest absolute Gasteiger partial charge is 0.101 e. The zero-order valence-electron chi connectivity index (χ0n) is 27.4. The van der Waals surface area contributed by atoms with Crippen LogP contribution in [-0.4, -0.2) is 4.57 Å². The van der Waals surface area contributed by atoms with E-state index in [-0.39, 0.29) is 5.41 Å². The zero-order valence-corrected chi connectivity index (χ0v) is 27.4. The fraction of sp³-hybridized carbons (Fsp3) is 0.0652. The number of anilines is 3. The van der Waals surface area contributed by atoms with Crippen LogP contribution >= 0.6 is 0 Å². The Morgan fingerprint density at radius 2 is 1.02 bits per heavy atom. The number of hydrogen-bond acceptors (Lipinski definition) is 2. The number of fused-ring (bicyclic) bond motifs is 5. The number of hydrogen-bond donors (Lipinski definition) is 0. The Hall–Kier alpha value is -6.37. The average Bonchev–Trinajstić information content (AvgIpc) is 3.49. The van der Waals surface area contributed by atoms with Gasteiger partial charge in [0.15, 0.2) is 0 Å². The lowest BCUT2D eigenvalue weighted by atomic mass is 9.70. The molecule has 1 aromatic heterocycles. The van der Waals surface area contributed by atoms with Crippen LogP contribution in [0, 0.1) is 11.3 Å². The van der Waals surface area contributed by atoms with Crippen LogP contribution in [0.5, 0.6) is 0 Å². The van der Waals surface area contributed by atoms with E-state index in [0.717, 1.165) is 39.1 Å². The minimum absolute atomic E-state index is 0.287. The molecule has 0 atom stereocenters. The fourth-order valence-corrected chi connectivity index (χ4v) is 8.13. The van der Waals surface area contributed by atoms with E-state index >= 15 is 0 Å². The topological polar surface area (TPSA) is 32.0 Å². The summed E-state index contributed by atoms with van der Waals surface area (Å²) < 4.78 is 2.28. The summed E-state index contributed by atoms with van der Waals surface area (Å²) in [4.78, 5) is 2.40. The van der Waals surface area contributed by atoms with Crippen LogP contribution in [0.2, 0.25) is 0 Å². The molecule has 0 aliphatic carbocycles. The molecule has 0 spiro atoms. The van der Waals surface area contributed by atoms with Crippen LogP contribution in [-0.2, 0) is 5.41 Å². The first kappa shape index (κ1) is 28.8. The van der Waals surface area contributed by atoms with E-state index in [9.17, 15) is 5.26 Å². The van der Waals surface area contributed by atoms with Crippen LogP contribution in [0.25, 0.3) is 49.7 Å². The summed E-state index contributed by atoms with van der Waals surface area (Å²) in [6.45, 7) is 4.69. The molecular weight excluding hydrogens is 595 g/mol. The van der Waals surface area contributed by atoms with E-state index in [0.29, 0.717) is 5.56 Å². The average molecular weight is 628 g/mol. The molecule has 0 unspecified atom stereocenters. The van der Waals surface area contributed by atoms with Gasteiger partial charge in [-0.3, -0.25) is 0 Å². The second-order valence-corrected chi connectivity index (χ2v) is 13.2. The van der Waals surface area contributed by atoms with Gasteiger partial charge in [0.1, 0.15) is 6.07 Å². The number of rotatable bonds is 4. The largest absolute Gasteiger partial charge is 0.310 e. The molecule has 3 heteroatoms. The maximum atomic E-state index is 10.6. The molecule has 2 heterocycles. The first-order valence-electron chi connectivity index (χ1n) is 16.8. The summed E-state index contributed by atoms with van der Waals surface area (Å²) in [6, 6.07) is 60.5. The number of aromatic nitrogens is 1. The maximum Gasteiger partial charge on any atom is 0.101 e.